The van der Waals surface area contributed by atoms with Crippen LogP contribution in [0.15, 0.2) is 33.9 Å². The molecule has 0 aliphatic heterocycles. The van der Waals surface area contributed by atoms with Crippen LogP contribution in [0.5, 0.6) is 0 Å². The van der Waals surface area contributed by atoms with E-state index in [0.717, 1.165) is 12.1 Å². The molecule has 1 aromatic carbocycles. The Labute approximate surface area is 115 Å². The van der Waals surface area contributed by atoms with Crippen LogP contribution in [-0.2, 0) is 6.54 Å². The van der Waals surface area contributed by atoms with Gasteiger partial charge >= 0.3 is 5.69 Å². The van der Waals surface area contributed by atoms with Crippen molar-refractivity contribution >= 4 is 11.6 Å². The predicted octanol–water partition coefficient (Wildman–Crippen LogP) is 2.26. The second-order valence-electron chi connectivity index (χ2n) is 3.93. The molecule has 0 amide bonds. The van der Waals surface area contributed by atoms with Crippen molar-refractivity contribution in [1.29, 1.82) is 0 Å². The van der Waals surface area contributed by atoms with Gasteiger partial charge in [0, 0.05) is 0 Å². The number of rotatable bonds is 3. The summed E-state index contributed by atoms with van der Waals surface area (Å²) < 4.78 is 37.9. The van der Waals surface area contributed by atoms with Crippen LogP contribution in [-0.4, -0.2) is 16.0 Å². The number of nitrogens with zero attached hydrogens (tertiary/aromatic N) is 1. The normalized spacial score (nSPS) is 11.1. The smallest absolute Gasteiger partial charge is 0.297 e. The Hall–Kier alpha value is -2.02. The molecule has 0 bridgehead atoms. The number of hydrogen-bond acceptors (Lipinski definition) is 2. The van der Waals surface area contributed by atoms with E-state index in [1.807, 2.05) is 0 Å². The molecule has 1 aromatic heterocycles. The van der Waals surface area contributed by atoms with Gasteiger partial charge in [-0.1, -0.05) is 23.7 Å². The fraction of sp³-hybridized carbons (Fsp3) is 0.167. The maximum Gasteiger partial charge on any atom is 0.329 e. The summed E-state index contributed by atoms with van der Waals surface area (Å²) in [6.45, 7) is -1.04. The molecule has 20 heavy (non-hydrogen) atoms. The maximum atomic E-state index is 12.8. The maximum absolute atomic E-state index is 12.8. The van der Waals surface area contributed by atoms with Crippen molar-refractivity contribution < 1.29 is 13.2 Å². The molecule has 0 spiro atoms. The average Bonchev–Trinajstić information content (AvgIpc) is 2.36. The van der Waals surface area contributed by atoms with Crippen molar-refractivity contribution in [3.05, 3.63) is 56.1 Å². The van der Waals surface area contributed by atoms with E-state index in [9.17, 15) is 22.8 Å². The lowest BCUT2D eigenvalue weighted by molar-refractivity contribution is 0.123. The van der Waals surface area contributed by atoms with Gasteiger partial charge in [0.2, 0.25) is 0 Å². The fourth-order valence-electron chi connectivity index (χ4n) is 1.72. The summed E-state index contributed by atoms with van der Waals surface area (Å²) in [5.74, 6) is -0.526. The molecule has 8 heteroatoms. The minimum atomic E-state index is -2.86. The van der Waals surface area contributed by atoms with Crippen LogP contribution in [0.2, 0.25) is 5.15 Å². The van der Waals surface area contributed by atoms with Gasteiger partial charge in [0.15, 0.2) is 0 Å². The van der Waals surface area contributed by atoms with Gasteiger partial charge in [-0.25, -0.2) is 18.0 Å². The van der Waals surface area contributed by atoms with Crippen molar-refractivity contribution in [1.82, 2.24) is 9.55 Å². The van der Waals surface area contributed by atoms with Gasteiger partial charge in [-0.05, 0) is 17.7 Å². The summed E-state index contributed by atoms with van der Waals surface area (Å²) in [5.41, 5.74) is -1.91. The van der Waals surface area contributed by atoms with Crippen LogP contribution in [0.1, 0.15) is 0 Å². The minimum Gasteiger partial charge on any atom is -0.297 e. The van der Waals surface area contributed by atoms with E-state index in [4.69, 9.17) is 11.6 Å². The molecule has 0 atom stereocenters. The Kier molecular flexibility index (Phi) is 3.99. The molecule has 0 saturated carbocycles. The first-order chi connectivity index (χ1) is 9.40. The SMILES string of the molecule is O=c1[nH]c(Cl)c(-c2ccc(F)cc2)c(=O)n1CC(F)F. The van der Waals surface area contributed by atoms with Crippen LogP contribution >= 0.6 is 11.6 Å². The van der Waals surface area contributed by atoms with Gasteiger partial charge in [-0.2, -0.15) is 0 Å². The molecule has 0 radical (unpaired) electrons. The van der Waals surface area contributed by atoms with Gasteiger partial charge in [0.1, 0.15) is 11.0 Å². The van der Waals surface area contributed by atoms with Crippen LogP contribution < -0.4 is 11.2 Å². The number of halogens is 4. The van der Waals surface area contributed by atoms with Crippen LogP contribution in [0.4, 0.5) is 13.2 Å². The van der Waals surface area contributed by atoms with Crippen molar-refractivity contribution in [3.63, 3.8) is 0 Å². The number of alkyl halides is 2. The third kappa shape index (κ3) is 2.77. The number of benzene rings is 1. The number of aromatic amines is 1. The second-order valence-corrected chi connectivity index (χ2v) is 4.31. The van der Waals surface area contributed by atoms with E-state index in [1.54, 1.807) is 0 Å². The highest BCUT2D eigenvalue weighted by Crippen LogP contribution is 2.21. The molecular weight excluding hydrogens is 297 g/mol. The van der Waals surface area contributed by atoms with Gasteiger partial charge in [-0.3, -0.25) is 14.3 Å². The van der Waals surface area contributed by atoms with Crippen molar-refractivity contribution in [2.75, 3.05) is 0 Å². The number of aromatic nitrogens is 2. The molecule has 2 aromatic rings. The molecule has 4 nitrogen and oxygen atoms in total. The number of H-pyrrole nitrogens is 1. The molecule has 0 aliphatic rings. The lowest BCUT2D eigenvalue weighted by Crippen LogP contribution is -2.38. The largest absolute Gasteiger partial charge is 0.329 e. The molecule has 0 saturated heterocycles. The highest BCUT2D eigenvalue weighted by Gasteiger charge is 2.17. The lowest BCUT2D eigenvalue weighted by atomic mass is 10.1. The first-order valence-electron chi connectivity index (χ1n) is 5.47. The number of nitrogens with one attached hydrogen (secondary N) is 1. The minimum absolute atomic E-state index is 0.160. The quantitative estimate of drug-likeness (QED) is 0.884. The Morgan fingerprint density at radius 2 is 1.80 bits per heavy atom. The molecule has 1 heterocycles. The van der Waals surface area contributed by atoms with Crippen LogP contribution in [0.25, 0.3) is 11.1 Å². The highest BCUT2D eigenvalue weighted by molar-refractivity contribution is 6.32. The van der Waals surface area contributed by atoms with Crippen molar-refractivity contribution in [3.8, 4) is 11.1 Å². The molecular formula is C12H8ClF3N2O2. The molecule has 106 valence electrons. The van der Waals surface area contributed by atoms with E-state index < -0.39 is 30.0 Å². The van der Waals surface area contributed by atoms with Gasteiger partial charge in [0.25, 0.3) is 12.0 Å². The average molecular weight is 305 g/mol. The summed E-state index contributed by atoms with van der Waals surface area (Å²) in [6.07, 6.45) is -2.86. The molecule has 0 fully saturated rings. The third-order valence-electron chi connectivity index (χ3n) is 2.59. The lowest BCUT2D eigenvalue weighted by Gasteiger charge is -2.08. The number of hydrogen-bond donors (Lipinski definition) is 1. The fourth-order valence-corrected chi connectivity index (χ4v) is 1.99. The zero-order chi connectivity index (χ0) is 14.9. The summed E-state index contributed by atoms with van der Waals surface area (Å²) in [4.78, 5) is 25.6. The first kappa shape index (κ1) is 14.4. The van der Waals surface area contributed by atoms with E-state index in [1.165, 1.54) is 12.1 Å². The van der Waals surface area contributed by atoms with Crippen molar-refractivity contribution in [2.24, 2.45) is 0 Å². The standard InChI is InChI=1S/C12H8ClF3N2O2/c13-10-9(6-1-3-7(14)4-2-6)11(19)18(5-8(15)16)12(20)17-10/h1-4,8H,5H2,(H,17,20). The first-order valence-corrected chi connectivity index (χ1v) is 5.84. The van der Waals surface area contributed by atoms with Gasteiger partial charge < -0.3 is 0 Å². The summed E-state index contributed by atoms with van der Waals surface area (Å²) in [5, 5.41) is -0.280. The summed E-state index contributed by atoms with van der Waals surface area (Å²) in [6, 6.07) is 4.72. The highest BCUT2D eigenvalue weighted by atomic mass is 35.5. The zero-order valence-corrected chi connectivity index (χ0v) is 10.6. The monoisotopic (exact) mass is 304 g/mol. The van der Waals surface area contributed by atoms with E-state index in [-0.39, 0.29) is 16.3 Å². The Balaban J connectivity index is 2.67. The molecule has 2 rings (SSSR count). The van der Waals surface area contributed by atoms with Crippen LogP contribution in [0.3, 0.4) is 0 Å². The summed E-state index contributed by atoms with van der Waals surface area (Å²) >= 11 is 5.77. The Morgan fingerprint density at radius 1 is 1.20 bits per heavy atom. The molecule has 0 unspecified atom stereocenters. The zero-order valence-electron chi connectivity index (χ0n) is 9.87. The van der Waals surface area contributed by atoms with Crippen LogP contribution in [0, 0.1) is 5.82 Å². The Bertz CT molecular complexity index is 738. The van der Waals surface area contributed by atoms with E-state index in [0.29, 0.717) is 4.57 Å². The summed E-state index contributed by atoms with van der Waals surface area (Å²) in [7, 11) is 0. The van der Waals surface area contributed by atoms with E-state index >= 15 is 0 Å². The van der Waals surface area contributed by atoms with Gasteiger partial charge in [0.05, 0.1) is 12.1 Å². The predicted molar refractivity (Wildman–Crippen MR) is 67.7 cm³/mol. The van der Waals surface area contributed by atoms with Crippen molar-refractivity contribution in [2.45, 2.75) is 13.0 Å². The van der Waals surface area contributed by atoms with Gasteiger partial charge in [-0.15, -0.1) is 0 Å². The third-order valence-corrected chi connectivity index (χ3v) is 2.88. The Morgan fingerprint density at radius 3 is 2.35 bits per heavy atom. The molecule has 1 N–H and O–H groups in total. The topological polar surface area (TPSA) is 54.9 Å². The second kappa shape index (κ2) is 5.54. The molecule has 0 aliphatic carbocycles. The van der Waals surface area contributed by atoms with E-state index in [2.05, 4.69) is 4.98 Å².